The fourth-order valence-electron chi connectivity index (χ4n) is 2.33. The molecule has 1 aliphatic heterocycles. The quantitative estimate of drug-likeness (QED) is 0.902. The molecule has 1 aromatic rings. The van der Waals surface area contributed by atoms with Crippen molar-refractivity contribution in [3.8, 4) is 5.75 Å². The number of nitrogens with zero attached hydrogens (tertiary/aromatic N) is 2. The number of carbonyl (C=O) groups is 2. The zero-order valence-corrected chi connectivity index (χ0v) is 13.1. The average Bonchev–Trinajstić information content (AvgIpc) is 2.55. The largest absolute Gasteiger partial charge is 0.497 e. The molecule has 0 saturated carbocycles. The average molecular weight is 303 g/mol. The first-order chi connectivity index (χ1) is 10.5. The summed E-state index contributed by atoms with van der Waals surface area (Å²) in [4.78, 5) is 23.7. The third kappa shape index (κ3) is 3.63. The van der Waals surface area contributed by atoms with Crippen LogP contribution in [0.25, 0.3) is 0 Å². The molecular formula is C16H21N3O3. The lowest BCUT2D eigenvalue weighted by atomic mass is 10.0. The van der Waals surface area contributed by atoms with Gasteiger partial charge in [-0.2, -0.15) is 5.10 Å². The summed E-state index contributed by atoms with van der Waals surface area (Å²) in [7, 11) is 3.18. The molecule has 22 heavy (non-hydrogen) atoms. The molecule has 1 atom stereocenters. The van der Waals surface area contributed by atoms with Crippen LogP contribution in [0.1, 0.15) is 37.8 Å². The number of hydrazone groups is 1. The van der Waals surface area contributed by atoms with Crippen molar-refractivity contribution in [2.45, 2.75) is 32.2 Å². The molecule has 118 valence electrons. The molecule has 1 aliphatic rings. The first kappa shape index (κ1) is 16.0. The summed E-state index contributed by atoms with van der Waals surface area (Å²) in [5, 5.41) is 8.25. The highest BCUT2D eigenvalue weighted by Gasteiger charge is 2.23. The van der Waals surface area contributed by atoms with E-state index in [4.69, 9.17) is 4.74 Å². The summed E-state index contributed by atoms with van der Waals surface area (Å²) >= 11 is 0. The van der Waals surface area contributed by atoms with Crippen molar-refractivity contribution >= 4 is 17.5 Å². The zero-order chi connectivity index (χ0) is 16.1. The number of carbonyl (C=O) groups excluding carboxylic acids is 2. The molecule has 6 heteroatoms. The molecule has 1 aromatic carbocycles. The third-order valence-electron chi connectivity index (χ3n) is 3.70. The van der Waals surface area contributed by atoms with Gasteiger partial charge in [-0.1, -0.05) is 19.1 Å². The predicted octanol–water partition coefficient (Wildman–Crippen LogP) is 1.87. The molecule has 0 aromatic heterocycles. The van der Waals surface area contributed by atoms with Crippen molar-refractivity contribution in [1.29, 1.82) is 0 Å². The number of methoxy groups -OCH3 is 1. The van der Waals surface area contributed by atoms with Crippen molar-refractivity contribution in [2.24, 2.45) is 5.10 Å². The SMILES string of the molecule is CC[C@@H](NC(=O)C1=NN(C)C(=O)CC1)c1ccc(OC)cc1. The Morgan fingerprint density at radius 2 is 2.05 bits per heavy atom. The Bertz CT molecular complexity index is 581. The van der Waals surface area contributed by atoms with Crippen LogP contribution in [0, 0.1) is 0 Å². The topological polar surface area (TPSA) is 71.0 Å². The fraction of sp³-hybridized carbons (Fsp3) is 0.438. The van der Waals surface area contributed by atoms with Crippen LogP contribution in [0.2, 0.25) is 0 Å². The van der Waals surface area contributed by atoms with Crippen molar-refractivity contribution in [1.82, 2.24) is 10.3 Å². The molecule has 1 N–H and O–H groups in total. The lowest BCUT2D eigenvalue weighted by Crippen LogP contribution is -2.39. The predicted molar refractivity (Wildman–Crippen MR) is 83.6 cm³/mol. The highest BCUT2D eigenvalue weighted by molar-refractivity contribution is 6.39. The number of ether oxygens (including phenoxy) is 1. The van der Waals surface area contributed by atoms with Gasteiger partial charge in [0.1, 0.15) is 11.5 Å². The first-order valence-electron chi connectivity index (χ1n) is 7.34. The second-order valence-corrected chi connectivity index (χ2v) is 5.17. The molecule has 0 unspecified atom stereocenters. The van der Waals surface area contributed by atoms with Crippen molar-refractivity contribution in [3.63, 3.8) is 0 Å². The number of hydrogen-bond donors (Lipinski definition) is 1. The van der Waals surface area contributed by atoms with Crippen molar-refractivity contribution in [2.75, 3.05) is 14.2 Å². The van der Waals surface area contributed by atoms with Crippen LogP contribution in [-0.4, -0.2) is 36.7 Å². The van der Waals surface area contributed by atoms with Crippen molar-refractivity contribution < 1.29 is 14.3 Å². The van der Waals surface area contributed by atoms with Crippen molar-refractivity contribution in [3.05, 3.63) is 29.8 Å². The molecule has 1 heterocycles. The van der Waals surface area contributed by atoms with E-state index in [2.05, 4.69) is 10.4 Å². The van der Waals surface area contributed by atoms with Crippen LogP contribution in [0.4, 0.5) is 0 Å². The van der Waals surface area contributed by atoms with Gasteiger partial charge in [0.25, 0.3) is 5.91 Å². The Hall–Kier alpha value is -2.37. The number of hydrogen-bond acceptors (Lipinski definition) is 4. The summed E-state index contributed by atoms with van der Waals surface area (Å²) < 4.78 is 5.14. The zero-order valence-electron chi connectivity index (χ0n) is 13.1. The van der Waals surface area contributed by atoms with Gasteiger partial charge >= 0.3 is 0 Å². The minimum Gasteiger partial charge on any atom is -0.497 e. The lowest BCUT2D eigenvalue weighted by molar-refractivity contribution is -0.130. The Morgan fingerprint density at radius 1 is 1.36 bits per heavy atom. The summed E-state index contributed by atoms with van der Waals surface area (Å²) in [5.41, 5.74) is 1.41. The van der Waals surface area contributed by atoms with E-state index >= 15 is 0 Å². The van der Waals surface area contributed by atoms with E-state index in [0.29, 0.717) is 18.6 Å². The summed E-state index contributed by atoms with van der Waals surface area (Å²) in [6.07, 6.45) is 1.47. The molecule has 0 spiro atoms. The first-order valence-corrected chi connectivity index (χ1v) is 7.34. The van der Waals surface area contributed by atoms with Crippen LogP contribution < -0.4 is 10.1 Å². The second kappa shape index (κ2) is 7.06. The van der Waals surface area contributed by atoms with E-state index in [1.165, 1.54) is 5.01 Å². The lowest BCUT2D eigenvalue weighted by Gasteiger charge is -2.22. The van der Waals surface area contributed by atoms with E-state index in [9.17, 15) is 9.59 Å². The van der Waals surface area contributed by atoms with Gasteiger partial charge in [-0.15, -0.1) is 0 Å². The number of benzene rings is 1. The maximum absolute atomic E-state index is 12.3. The normalized spacial score (nSPS) is 16.0. The molecule has 0 radical (unpaired) electrons. The molecule has 0 saturated heterocycles. The number of rotatable bonds is 5. The van der Waals surface area contributed by atoms with E-state index in [-0.39, 0.29) is 17.9 Å². The van der Waals surface area contributed by atoms with Gasteiger partial charge in [-0.25, -0.2) is 5.01 Å². The Morgan fingerprint density at radius 3 is 2.59 bits per heavy atom. The van der Waals surface area contributed by atoms with E-state index in [0.717, 1.165) is 17.7 Å². The summed E-state index contributed by atoms with van der Waals surface area (Å²) in [6, 6.07) is 7.52. The van der Waals surface area contributed by atoms with E-state index in [1.54, 1.807) is 14.2 Å². The third-order valence-corrected chi connectivity index (χ3v) is 3.70. The van der Waals surface area contributed by atoms with Crippen LogP contribution in [0.3, 0.4) is 0 Å². The molecule has 0 fully saturated rings. The van der Waals surface area contributed by atoms with Gasteiger partial charge < -0.3 is 10.1 Å². The van der Waals surface area contributed by atoms with Crippen LogP contribution in [-0.2, 0) is 9.59 Å². The summed E-state index contributed by atoms with van der Waals surface area (Å²) in [6.45, 7) is 2.01. The Labute approximate surface area is 130 Å². The van der Waals surface area contributed by atoms with Gasteiger partial charge in [0.15, 0.2) is 0 Å². The molecule has 6 nitrogen and oxygen atoms in total. The highest BCUT2D eigenvalue weighted by Crippen LogP contribution is 2.20. The monoisotopic (exact) mass is 303 g/mol. The Balaban J connectivity index is 2.07. The van der Waals surface area contributed by atoms with Gasteiger partial charge in [-0.05, 0) is 24.1 Å². The Kier molecular flexibility index (Phi) is 5.14. The highest BCUT2D eigenvalue weighted by atomic mass is 16.5. The van der Waals surface area contributed by atoms with Gasteiger partial charge in [-0.3, -0.25) is 9.59 Å². The van der Waals surface area contributed by atoms with Gasteiger partial charge in [0.2, 0.25) is 5.91 Å². The van der Waals surface area contributed by atoms with Crippen LogP contribution in [0.15, 0.2) is 29.4 Å². The van der Waals surface area contributed by atoms with E-state index < -0.39 is 0 Å². The minimum absolute atomic E-state index is 0.0706. The van der Waals surface area contributed by atoms with Gasteiger partial charge in [0.05, 0.1) is 13.2 Å². The standard InChI is InChI=1S/C16H21N3O3/c1-4-13(11-5-7-12(22-3)8-6-11)17-16(21)14-9-10-15(20)19(2)18-14/h5-8,13H,4,9-10H2,1-3H3,(H,17,21)/t13-/m1/s1. The minimum atomic E-state index is -0.220. The molecule has 0 bridgehead atoms. The molecule has 0 aliphatic carbocycles. The molecule has 2 amide bonds. The fourth-order valence-corrected chi connectivity index (χ4v) is 2.33. The second-order valence-electron chi connectivity index (χ2n) is 5.17. The molecule has 2 rings (SSSR count). The van der Waals surface area contributed by atoms with E-state index in [1.807, 2.05) is 31.2 Å². The number of nitrogens with one attached hydrogen (secondary N) is 1. The molecular weight excluding hydrogens is 282 g/mol. The maximum atomic E-state index is 12.3. The summed E-state index contributed by atoms with van der Waals surface area (Å²) in [5.74, 6) is 0.488. The van der Waals surface area contributed by atoms with Gasteiger partial charge in [0, 0.05) is 19.9 Å². The number of amides is 2. The van der Waals surface area contributed by atoms with Crippen LogP contribution in [0.5, 0.6) is 5.75 Å². The maximum Gasteiger partial charge on any atom is 0.267 e. The van der Waals surface area contributed by atoms with Crippen LogP contribution >= 0.6 is 0 Å². The smallest absolute Gasteiger partial charge is 0.267 e.